The van der Waals surface area contributed by atoms with E-state index in [2.05, 4.69) is 10.6 Å². The van der Waals surface area contributed by atoms with Gasteiger partial charge in [-0.25, -0.2) is 0 Å². The summed E-state index contributed by atoms with van der Waals surface area (Å²) in [5, 5.41) is 6.67. The second kappa shape index (κ2) is 10.1. The first kappa shape index (κ1) is 22.3. The molecule has 0 radical (unpaired) electrons. The predicted molar refractivity (Wildman–Crippen MR) is 128 cm³/mol. The Morgan fingerprint density at radius 2 is 1.61 bits per heavy atom. The van der Waals surface area contributed by atoms with Crippen LogP contribution in [0, 0.1) is 0 Å². The lowest BCUT2D eigenvalue weighted by atomic mass is 10.1. The van der Waals surface area contributed by atoms with Gasteiger partial charge in [0.05, 0.1) is 23.9 Å². The van der Waals surface area contributed by atoms with E-state index in [4.69, 9.17) is 9.15 Å². The van der Waals surface area contributed by atoms with Crippen molar-refractivity contribution in [2.24, 2.45) is 0 Å². The van der Waals surface area contributed by atoms with Crippen molar-refractivity contribution >= 4 is 28.5 Å². The van der Waals surface area contributed by atoms with Crippen molar-refractivity contribution in [3.63, 3.8) is 0 Å². The van der Waals surface area contributed by atoms with Crippen LogP contribution in [0.5, 0.6) is 0 Å². The number of hydrogen-bond acceptors (Lipinski definition) is 4. The highest BCUT2D eigenvalue weighted by Crippen LogP contribution is 2.28. The highest BCUT2D eigenvalue weighted by molar-refractivity contribution is 6.10. The molecule has 0 aliphatic rings. The molecule has 1 aromatic heterocycles. The fraction of sp³-hybridized carbons (Fsp3) is 0.185. The quantitative estimate of drug-likeness (QED) is 0.366. The van der Waals surface area contributed by atoms with Crippen LogP contribution < -0.4 is 10.6 Å². The van der Waals surface area contributed by atoms with Gasteiger partial charge in [-0.3, -0.25) is 9.59 Å². The highest BCUT2D eigenvalue weighted by atomic mass is 16.5. The van der Waals surface area contributed by atoms with Crippen LogP contribution >= 0.6 is 0 Å². The molecule has 33 heavy (non-hydrogen) atoms. The smallest absolute Gasteiger partial charge is 0.291 e. The molecule has 4 rings (SSSR count). The van der Waals surface area contributed by atoms with E-state index < -0.39 is 5.91 Å². The van der Waals surface area contributed by atoms with Gasteiger partial charge in [-0.15, -0.1) is 0 Å². The molecule has 168 valence electrons. The zero-order valence-corrected chi connectivity index (χ0v) is 18.6. The van der Waals surface area contributed by atoms with Crippen molar-refractivity contribution in [2.45, 2.75) is 26.5 Å². The van der Waals surface area contributed by atoms with Crippen molar-refractivity contribution in [3.8, 4) is 0 Å². The Morgan fingerprint density at radius 3 is 2.39 bits per heavy atom. The molecule has 0 aliphatic carbocycles. The number of ether oxygens (including phenoxy) is 1. The zero-order chi connectivity index (χ0) is 23.2. The van der Waals surface area contributed by atoms with Crippen LogP contribution in [0.2, 0.25) is 0 Å². The van der Waals surface area contributed by atoms with Crippen molar-refractivity contribution < 1.29 is 18.7 Å². The number of para-hydroxylation sites is 2. The fourth-order valence-electron chi connectivity index (χ4n) is 3.70. The molecule has 1 atom stereocenters. The van der Waals surface area contributed by atoms with E-state index in [1.54, 1.807) is 24.3 Å². The summed E-state index contributed by atoms with van der Waals surface area (Å²) >= 11 is 0. The van der Waals surface area contributed by atoms with Gasteiger partial charge in [0.25, 0.3) is 11.8 Å². The van der Waals surface area contributed by atoms with Crippen LogP contribution in [0.3, 0.4) is 0 Å². The summed E-state index contributed by atoms with van der Waals surface area (Å²) in [7, 11) is 0. The van der Waals surface area contributed by atoms with Gasteiger partial charge in [0.2, 0.25) is 0 Å². The van der Waals surface area contributed by atoms with Gasteiger partial charge in [-0.05, 0) is 37.6 Å². The number of fused-ring (bicyclic) bond motifs is 1. The fourth-order valence-corrected chi connectivity index (χ4v) is 3.70. The normalized spacial score (nSPS) is 11.8. The van der Waals surface area contributed by atoms with Crippen LogP contribution in [0.25, 0.3) is 11.0 Å². The molecule has 1 unspecified atom stereocenters. The second-order valence-corrected chi connectivity index (χ2v) is 7.65. The lowest BCUT2D eigenvalue weighted by Crippen LogP contribution is -2.28. The van der Waals surface area contributed by atoms with E-state index in [1.165, 1.54) is 0 Å². The first-order chi connectivity index (χ1) is 16.1. The Balaban J connectivity index is 1.58. The maximum atomic E-state index is 13.2. The van der Waals surface area contributed by atoms with E-state index in [1.807, 2.05) is 68.4 Å². The summed E-state index contributed by atoms with van der Waals surface area (Å²) in [4.78, 5) is 26.2. The minimum absolute atomic E-state index is 0.178. The summed E-state index contributed by atoms with van der Waals surface area (Å²) in [5.41, 5.74) is 3.07. The number of carbonyl (C=O) groups excluding carboxylic acids is 2. The third kappa shape index (κ3) is 4.96. The number of benzene rings is 3. The van der Waals surface area contributed by atoms with Crippen molar-refractivity contribution in [3.05, 3.63) is 101 Å². The van der Waals surface area contributed by atoms with E-state index in [-0.39, 0.29) is 24.3 Å². The minimum atomic E-state index is -0.433. The standard InChI is InChI=1S/C27H26N2O4/c1-3-32-17-22-20-13-8-10-16-24(20)33-25(22)27(31)29-23-15-9-7-14-21(23)26(30)28-18(2)19-11-5-4-6-12-19/h4-16,18H,3,17H2,1-2H3,(H,28,30)(H,29,31). The number of furan rings is 1. The van der Waals surface area contributed by atoms with E-state index >= 15 is 0 Å². The molecule has 0 fully saturated rings. The summed E-state index contributed by atoms with van der Waals surface area (Å²) in [5.74, 6) is -0.531. The molecule has 4 aromatic rings. The van der Waals surface area contributed by atoms with Crippen molar-refractivity contribution in [1.29, 1.82) is 0 Å². The first-order valence-corrected chi connectivity index (χ1v) is 10.9. The number of hydrogen-bond donors (Lipinski definition) is 2. The van der Waals surface area contributed by atoms with Gasteiger partial charge in [-0.2, -0.15) is 0 Å². The number of rotatable bonds is 8. The molecule has 1 heterocycles. The van der Waals surface area contributed by atoms with E-state index in [0.29, 0.717) is 29.0 Å². The predicted octanol–water partition coefficient (Wildman–Crippen LogP) is 5.71. The monoisotopic (exact) mass is 442 g/mol. The summed E-state index contributed by atoms with van der Waals surface area (Å²) < 4.78 is 11.4. The van der Waals surface area contributed by atoms with Crippen LogP contribution in [0.15, 0.2) is 83.3 Å². The molecule has 2 amide bonds. The number of nitrogens with one attached hydrogen (secondary N) is 2. The molecule has 0 bridgehead atoms. The topological polar surface area (TPSA) is 80.6 Å². The third-order valence-corrected chi connectivity index (χ3v) is 5.42. The third-order valence-electron chi connectivity index (χ3n) is 5.42. The van der Waals surface area contributed by atoms with Crippen LogP contribution in [0.1, 0.15) is 51.9 Å². The summed E-state index contributed by atoms with van der Waals surface area (Å²) in [6.45, 7) is 4.59. The van der Waals surface area contributed by atoms with Gasteiger partial charge in [0.1, 0.15) is 5.58 Å². The maximum Gasteiger partial charge on any atom is 0.291 e. The van der Waals surface area contributed by atoms with Gasteiger partial charge in [0, 0.05) is 17.6 Å². The van der Waals surface area contributed by atoms with Crippen molar-refractivity contribution in [1.82, 2.24) is 5.32 Å². The summed E-state index contributed by atoms with van der Waals surface area (Å²) in [6, 6.07) is 23.9. The van der Waals surface area contributed by atoms with E-state index in [0.717, 1.165) is 10.9 Å². The van der Waals surface area contributed by atoms with Gasteiger partial charge in [-0.1, -0.05) is 60.7 Å². The second-order valence-electron chi connectivity index (χ2n) is 7.65. The molecule has 6 heteroatoms. The molecule has 3 aromatic carbocycles. The number of anilines is 1. The molecule has 0 saturated carbocycles. The Bertz CT molecular complexity index is 1260. The molecule has 0 aliphatic heterocycles. The van der Waals surface area contributed by atoms with E-state index in [9.17, 15) is 9.59 Å². The van der Waals surface area contributed by atoms with Gasteiger partial charge in [0.15, 0.2) is 5.76 Å². The zero-order valence-electron chi connectivity index (χ0n) is 18.6. The molecule has 2 N–H and O–H groups in total. The highest BCUT2D eigenvalue weighted by Gasteiger charge is 2.22. The van der Waals surface area contributed by atoms with Crippen LogP contribution in [-0.4, -0.2) is 18.4 Å². The SMILES string of the molecule is CCOCc1c(C(=O)Nc2ccccc2C(=O)NC(C)c2ccccc2)oc2ccccc12. The summed E-state index contributed by atoms with van der Waals surface area (Å²) in [6.07, 6.45) is 0. The number of amides is 2. The molecule has 0 spiro atoms. The minimum Gasteiger partial charge on any atom is -0.451 e. The largest absolute Gasteiger partial charge is 0.451 e. The Morgan fingerprint density at radius 1 is 0.909 bits per heavy atom. The molecular weight excluding hydrogens is 416 g/mol. The van der Waals surface area contributed by atoms with Crippen molar-refractivity contribution in [2.75, 3.05) is 11.9 Å². The number of carbonyl (C=O) groups is 2. The lowest BCUT2D eigenvalue weighted by Gasteiger charge is -2.16. The maximum absolute atomic E-state index is 13.2. The average Bonchev–Trinajstić information content (AvgIpc) is 3.22. The Kier molecular flexibility index (Phi) is 6.86. The van der Waals surface area contributed by atoms with Crippen LogP contribution in [-0.2, 0) is 11.3 Å². The van der Waals surface area contributed by atoms with Crippen LogP contribution in [0.4, 0.5) is 5.69 Å². The molecule has 6 nitrogen and oxygen atoms in total. The van der Waals surface area contributed by atoms with Gasteiger partial charge >= 0.3 is 0 Å². The molecular formula is C27H26N2O4. The first-order valence-electron chi connectivity index (χ1n) is 10.9. The van der Waals surface area contributed by atoms with Gasteiger partial charge < -0.3 is 19.8 Å². The Hall–Kier alpha value is -3.90. The lowest BCUT2D eigenvalue weighted by molar-refractivity contribution is 0.0940. The Labute approximate surface area is 192 Å². The molecule has 0 saturated heterocycles. The average molecular weight is 443 g/mol.